The highest BCUT2D eigenvalue weighted by Gasteiger charge is 2.41. The smallest absolute Gasteiger partial charge is 0.311 e. The number of thiophene rings is 1. The van der Waals surface area contributed by atoms with E-state index in [0.29, 0.717) is 13.0 Å². The van der Waals surface area contributed by atoms with E-state index < -0.39 is 11.4 Å². The Morgan fingerprint density at radius 1 is 1.67 bits per heavy atom. The molecule has 0 saturated carbocycles. The Kier molecular flexibility index (Phi) is 4.19. The molecule has 0 radical (unpaired) electrons. The Labute approximate surface area is 112 Å². The van der Waals surface area contributed by atoms with Gasteiger partial charge in [0.05, 0.1) is 5.41 Å². The number of carboxylic acids is 1. The molecule has 0 spiro atoms. The van der Waals surface area contributed by atoms with Gasteiger partial charge in [0.2, 0.25) is 0 Å². The Morgan fingerprint density at radius 2 is 2.50 bits per heavy atom. The topological polar surface area (TPSA) is 40.5 Å². The first kappa shape index (κ1) is 13.3. The van der Waals surface area contributed by atoms with Crippen molar-refractivity contribution in [3.63, 3.8) is 0 Å². The van der Waals surface area contributed by atoms with Gasteiger partial charge < -0.3 is 5.11 Å². The lowest BCUT2D eigenvalue weighted by Gasteiger charge is -2.39. The van der Waals surface area contributed by atoms with Crippen molar-refractivity contribution in [1.29, 1.82) is 0 Å². The highest BCUT2D eigenvalue weighted by molar-refractivity contribution is 7.09. The molecule has 2 rings (SSSR count). The zero-order valence-electron chi connectivity index (χ0n) is 10.5. The van der Waals surface area contributed by atoms with Crippen LogP contribution in [0.3, 0.4) is 0 Å². The van der Waals surface area contributed by atoms with Crippen LogP contribution in [-0.4, -0.2) is 29.1 Å². The highest BCUT2D eigenvalue weighted by Crippen LogP contribution is 2.35. The van der Waals surface area contributed by atoms with Crippen LogP contribution in [0.2, 0.25) is 0 Å². The summed E-state index contributed by atoms with van der Waals surface area (Å²) in [7, 11) is 0. The average Bonchev–Trinajstić information content (AvgIpc) is 2.82. The van der Waals surface area contributed by atoms with Crippen LogP contribution in [0.4, 0.5) is 0 Å². The van der Waals surface area contributed by atoms with Crippen molar-refractivity contribution in [3.05, 3.63) is 35.0 Å². The summed E-state index contributed by atoms with van der Waals surface area (Å²) in [6, 6.07) is 4.15. The molecule has 1 aliphatic heterocycles. The van der Waals surface area contributed by atoms with Crippen LogP contribution in [0.1, 0.15) is 24.1 Å². The van der Waals surface area contributed by atoms with Crippen LogP contribution in [0.15, 0.2) is 30.2 Å². The Hall–Kier alpha value is -1.13. The summed E-state index contributed by atoms with van der Waals surface area (Å²) in [5.74, 6) is -0.682. The molecule has 1 atom stereocenters. The first-order valence-corrected chi connectivity index (χ1v) is 7.13. The van der Waals surface area contributed by atoms with Crippen LogP contribution in [-0.2, 0) is 11.3 Å². The molecule has 0 aliphatic carbocycles. The quantitative estimate of drug-likeness (QED) is 0.832. The third-order valence-electron chi connectivity index (χ3n) is 3.60. The van der Waals surface area contributed by atoms with Crippen molar-refractivity contribution >= 4 is 17.3 Å². The van der Waals surface area contributed by atoms with Gasteiger partial charge in [-0.1, -0.05) is 12.1 Å². The number of hydrogen-bond acceptors (Lipinski definition) is 3. The first-order chi connectivity index (χ1) is 8.66. The summed E-state index contributed by atoms with van der Waals surface area (Å²) in [5, 5.41) is 11.6. The maximum atomic E-state index is 11.5. The molecular formula is C14H19NO2S. The van der Waals surface area contributed by atoms with Crippen molar-refractivity contribution in [2.75, 3.05) is 13.1 Å². The fraction of sp³-hybridized carbons (Fsp3) is 0.500. The second-order valence-corrected chi connectivity index (χ2v) is 6.00. The summed E-state index contributed by atoms with van der Waals surface area (Å²) in [5.41, 5.74) is -0.628. The third kappa shape index (κ3) is 2.82. The summed E-state index contributed by atoms with van der Waals surface area (Å²) in [6.07, 6.45) is 4.01. The molecule has 1 fully saturated rings. The van der Waals surface area contributed by atoms with Crippen molar-refractivity contribution in [2.24, 2.45) is 5.41 Å². The molecule has 18 heavy (non-hydrogen) atoms. The van der Waals surface area contributed by atoms with Crippen LogP contribution >= 0.6 is 11.3 Å². The predicted molar refractivity (Wildman–Crippen MR) is 73.7 cm³/mol. The summed E-state index contributed by atoms with van der Waals surface area (Å²) in [6.45, 7) is 6.19. The van der Waals surface area contributed by atoms with E-state index in [9.17, 15) is 9.90 Å². The molecule has 0 bridgehead atoms. The molecule has 3 nitrogen and oxygen atoms in total. The van der Waals surface area contributed by atoms with Crippen molar-refractivity contribution in [3.8, 4) is 0 Å². The second kappa shape index (κ2) is 5.67. The van der Waals surface area contributed by atoms with Crippen molar-refractivity contribution < 1.29 is 9.90 Å². The number of likely N-dealkylation sites (tertiary alicyclic amines) is 1. The van der Waals surface area contributed by atoms with E-state index in [1.165, 1.54) is 4.88 Å². The van der Waals surface area contributed by atoms with Crippen LogP contribution in [0, 0.1) is 5.41 Å². The SMILES string of the molecule is C=CC[C@@]1(C(=O)O)CCCN(Cc2cccs2)C1. The Morgan fingerprint density at radius 3 is 3.11 bits per heavy atom. The molecule has 4 heteroatoms. The molecule has 1 aliphatic rings. The minimum absolute atomic E-state index is 0.559. The lowest BCUT2D eigenvalue weighted by Crippen LogP contribution is -2.47. The minimum atomic E-state index is -0.682. The molecule has 0 amide bonds. The molecular weight excluding hydrogens is 246 g/mol. The van der Waals surface area contributed by atoms with E-state index in [4.69, 9.17) is 0 Å². The lowest BCUT2D eigenvalue weighted by molar-refractivity contribution is -0.152. The van der Waals surface area contributed by atoms with Crippen LogP contribution in [0.5, 0.6) is 0 Å². The van der Waals surface area contributed by atoms with Gasteiger partial charge >= 0.3 is 5.97 Å². The van der Waals surface area contributed by atoms with Gasteiger partial charge in [0, 0.05) is 18.0 Å². The van der Waals surface area contributed by atoms with E-state index in [1.54, 1.807) is 17.4 Å². The molecule has 0 unspecified atom stereocenters. The average molecular weight is 265 g/mol. The Bertz CT molecular complexity index is 415. The number of hydrogen-bond donors (Lipinski definition) is 1. The number of nitrogens with zero attached hydrogens (tertiary/aromatic N) is 1. The maximum absolute atomic E-state index is 11.5. The van der Waals surface area contributed by atoms with Gasteiger partial charge in [-0.05, 0) is 37.3 Å². The molecule has 0 aromatic carbocycles. The highest BCUT2D eigenvalue weighted by atomic mass is 32.1. The predicted octanol–water partition coefficient (Wildman–Crippen LogP) is 2.99. The number of allylic oxidation sites excluding steroid dienone is 1. The van der Waals surface area contributed by atoms with Crippen LogP contribution < -0.4 is 0 Å². The van der Waals surface area contributed by atoms with Gasteiger partial charge in [0.25, 0.3) is 0 Å². The van der Waals surface area contributed by atoms with E-state index in [2.05, 4.69) is 22.9 Å². The minimum Gasteiger partial charge on any atom is -0.481 e. The lowest BCUT2D eigenvalue weighted by atomic mass is 9.77. The first-order valence-electron chi connectivity index (χ1n) is 6.25. The standard InChI is InChI=1S/C14H19NO2S/c1-2-6-14(13(16)17)7-4-8-15(11-14)10-12-5-3-9-18-12/h2-3,5,9H,1,4,6-8,10-11H2,(H,16,17)/t14-/m1/s1. The largest absolute Gasteiger partial charge is 0.481 e. The van der Waals surface area contributed by atoms with Crippen molar-refractivity contribution in [2.45, 2.75) is 25.8 Å². The monoisotopic (exact) mass is 265 g/mol. The number of rotatable bonds is 5. The van der Waals surface area contributed by atoms with Crippen molar-refractivity contribution in [1.82, 2.24) is 4.90 Å². The van der Waals surface area contributed by atoms with Gasteiger partial charge in [-0.3, -0.25) is 9.69 Å². The van der Waals surface area contributed by atoms with Gasteiger partial charge in [-0.25, -0.2) is 0 Å². The maximum Gasteiger partial charge on any atom is 0.311 e. The second-order valence-electron chi connectivity index (χ2n) is 4.97. The van der Waals surface area contributed by atoms with Gasteiger partial charge in [0.1, 0.15) is 0 Å². The van der Waals surface area contributed by atoms with Crippen LogP contribution in [0.25, 0.3) is 0 Å². The molecule has 1 N–H and O–H groups in total. The number of piperidine rings is 1. The zero-order valence-corrected chi connectivity index (χ0v) is 11.3. The summed E-state index contributed by atoms with van der Waals surface area (Å²) in [4.78, 5) is 15.1. The number of carbonyl (C=O) groups is 1. The third-order valence-corrected chi connectivity index (χ3v) is 4.47. The Balaban J connectivity index is 2.06. The fourth-order valence-corrected chi connectivity index (χ4v) is 3.44. The van der Waals surface area contributed by atoms with E-state index >= 15 is 0 Å². The molecule has 98 valence electrons. The number of aliphatic carboxylic acids is 1. The normalized spacial score (nSPS) is 24.9. The molecule has 1 saturated heterocycles. The van der Waals surface area contributed by atoms with E-state index in [-0.39, 0.29) is 0 Å². The van der Waals surface area contributed by atoms with E-state index in [0.717, 1.165) is 25.9 Å². The van der Waals surface area contributed by atoms with Gasteiger partial charge in [-0.2, -0.15) is 0 Å². The van der Waals surface area contributed by atoms with E-state index in [1.807, 2.05) is 6.07 Å². The fourth-order valence-electron chi connectivity index (χ4n) is 2.69. The molecule has 2 heterocycles. The summed E-state index contributed by atoms with van der Waals surface area (Å²) >= 11 is 1.73. The molecule has 1 aromatic heterocycles. The summed E-state index contributed by atoms with van der Waals surface area (Å²) < 4.78 is 0. The molecule has 1 aromatic rings. The zero-order chi connectivity index (χ0) is 13.0. The van der Waals surface area contributed by atoms with Gasteiger partial charge in [0.15, 0.2) is 0 Å². The number of carboxylic acid groups (broad SMARTS) is 1. The van der Waals surface area contributed by atoms with Gasteiger partial charge in [-0.15, -0.1) is 17.9 Å².